The summed E-state index contributed by atoms with van der Waals surface area (Å²) in [5.74, 6) is 0.932. The van der Waals surface area contributed by atoms with Crippen LogP contribution in [0.1, 0.15) is 5.56 Å². The number of carbonyl (C=O) groups excluding carboxylic acids is 1. The molecule has 6 nitrogen and oxygen atoms in total. The van der Waals surface area contributed by atoms with Gasteiger partial charge in [0.2, 0.25) is 11.5 Å². The first-order chi connectivity index (χ1) is 11.7. The fourth-order valence-corrected chi connectivity index (χ4v) is 2.84. The van der Waals surface area contributed by atoms with Crippen LogP contribution in [-0.4, -0.2) is 49.1 Å². The van der Waals surface area contributed by atoms with Crippen molar-refractivity contribution in [3.8, 4) is 5.75 Å². The minimum Gasteiger partial charge on any atom is -0.497 e. The highest BCUT2D eigenvalue weighted by atomic mass is 16.5. The molecule has 0 atom stereocenters. The Bertz CT molecular complexity index is 726. The molecule has 0 radical (unpaired) electrons. The van der Waals surface area contributed by atoms with Crippen LogP contribution >= 0.6 is 0 Å². The Morgan fingerprint density at radius 2 is 1.79 bits per heavy atom. The van der Waals surface area contributed by atoms with Crippen molar-refractivity contribution in [1.82, 2.24) is 9.88 Å². The molecule has 6 heteroatoms. The molecular formula is C18H21N3O3. The molecule has 0 bridgehead atoms. The van der Waals surface area contributed by atoms with Gasteiger partial charge in [0.1, 0.15) is 5.75 Å². The molecule has 1 N–H and O–H groups in total. The van der Waals surface area contributed by atoms with Crippen molar-refractivity contribution in [1.29, 1.82) is 0 Å². The van der Waals surface area contributed by atoms with Crippen molar-refractivity contribution in [2.45, 2.75) is 6.42 Å². The van der Waals surface area contributed by atoms with Crippen LogP contribution in [0, 0.1) is 0 Å². The lowest BCUT2D eigenvalue weighted by molar-refractivity contribution is -0.130. The van der Waals surface area contributed by atoms with E-state index in [1.807, 2.05) is 35.2 Å². The first-order valence-electron chi connectivity index (χ1n) is 8.00. The summed E-state index contributed by atoms with van der Waals surface area (Å²) in [4.78, 5) is 30.3. The summed E-state index contributed by atoms with van der Waals surface area (Å²) >= 11 is 0. The van der Waals surface area contributed by atoms with E-state index < -0.39 is 0 Å². The predicted molar refractivity (Wildman–Crippen MR) is 92.6 cm³/mol. The first-order valence-corrected chi connectivity index (χ1v) is 8.00. The zero-order chi connectivity index (χ0) is 16.9. The third-order valence-corrected chi connectivity index (χ3v) is 4.28. The molecule has 0 saturated carbocycles. The summed E-state index contributed by atoms with van der Waals surface area (Å²) in [5, 5.41) is 0. The number of benzene rings is 1. The van der Waals surface area contributed by atoms with Crippen molar-refractivity contribution in [2.24, 2.45) is 0 Å². The van der Waals surface area contributed by atoms with E-state index in [2.05, 4.69) is 9.88 Å². The third kappa shape index (κ3) is 3.76. The van der Waals surface area contributed by atoms with Crippen molar-refractivity contribution in [3.05, 3.63) is 58.5 Å². The number of hydrogen-bond acceptors (Lipinski definition) is 4. The smallest absolute Gasteiger partial charge is 0.248 e. The van der Waals surface area contributed by atoms with Crippen molar-refractivity contribution >= 4 is 11.6 Å². The number of piperazine rings is 1. The van der Waals surface area contributed by atoms with Gasteiger partial charge in [0.05, 0.1) is 19.2 Å². The molecule has 0 aliphatic carbocycles. The molecule has 126 valence electrons. The molecule has 1 aliphatic heterocycles. The van der Waals surface area contributed by atoms with Gasteiger partial charge in [-0.05, 0) is 23.8 Å². The Balaban J connectivity index is 1.54. The quantitative estimate of drug-likeness (QED) is 0.918. The summed E-state index contributed by atoms with van der Waals surface area (Å²) < 4.78 is 5.13. The van der Waals surface area contributed by atoms with E-state index in [-0.39, 0.29) is 11.5 Å². The normalized spacial score (nSPS) is 14.5. The lowest BCUT2D eigenvalue weighted by atomic mass is 10.1. The molecular weight excluding hydrogens is 306 g/mol. The second kappa shape index (κ2) is 7.21. The largest absolute Gasteiger partial charge is 0.497 e. The molecule has 0 unspecified atom stereocenters. The van der Waals surface area contributed by atoms with Crippen LogP contribution in [0.2, 0.25) is 0 Å². The van der Waals surface area contributed by atoms with Gasteiger partial charge in [-0.25, -0.2) is 0 Å². The highest BCUT2D eigenvalue weighted by Gasteiger charge is 2.21. The second-order valence-electron chi connectivity index (χ2n) is 5.80. The molecule has 2 aromatic rings. The number of H-pyrrole nitrogens is 1. The van der Waals surface area contributed by atoms with Crippen LogP contribution in [-0.2, 0) is 11.2 Å². The number of amides is 1. The Kier molecular flexibility index (Phi) is 4.84. The second-order valence-corrected chi connectivity index (χ2v) is 5.80. The predicted octanol–water partition coefficient (Wildman–Crippen LogP) is 1.27. The molecule has 2 heterocycles. The van der Waals surface area contributed by atoms with Gasteiger partial charge >= 0.3 is 0 Å². The van der Waals surface area contributed by atoms with Gasteiger partial charge in [-0.2, -0.15) is 0 Å². The zero-order valence-corrected chi connectivity index (χ0v) is 13.7. The van der Waals surface area contributed by atoms with E-state index in [0.29, 0.717) is 19.5 Å². The molecule has 1 saturated heterocycles. The molecule has 0 spiro atoms. The van der Waals surface area contributed by atoms with Gasteiger partial charge in [0.15, 0.2) is 0 Å². The number of methoxy groups -OCH3 is 1. The van der Waals surface area contributed by atoms with E-state index in [9.17, 15) is 9.59 Å². The summed E-state index contributed by atoms with van der Waals surface area (Å²) in [7, 11) is 1.63. The summed E-state index contributed by atoms with van der Waals surface area (Å²) in [5.41, 5.74) is 1.87. The summed E-state index contributed by atoms with van der Waals surface area (Å²) in [6.45, 7) is 2.91. The highest BCUT2D eigenvalue weighted by molar-refractivity contribution is 5.79. The monoisotopic (exact) mass is 327 g/mol. The molecule has 1 aromatic heterocycles. The zero-order valence-electron chi connectivity index (χ0n) is 13.7. The SMILES string of the molecule is COc1ccc(CC(=O)N2CCN(c3ccc(=O)[nH]c3)CC2)cc1. The van der Waals surface area contributed by atoms with E-state index >= 15 is 0 Å². The Labute approximate surface area is 140 Å². The van der Waals surface area contributed by atoms with E-state index in [1.165, 1.54) is 6.07 Å². The van der Waals surface area contributed by atoms with Crippen LogP contribution in [0.3, 0.4) is 0 Å². The number of carbonyl (C=O) groups is 1. The Morgan fingerprint density at radius 1 is 1.08 bits per heavy atom. The van der Waals surface area contributed by atoms with Gasteiger partial charge in [0.25, 0.3) is 0 Å². The standard InChI is InChI=1S/C18H21N3O3/c1-24-16-5-2-14(3-6-16)12-18(23)21-10-8-20(9-11-21)15-4-7-17(22)19-13-15/h2-7,13H,8-12H2,1H3,(H,19,22). The Hall–Kier alpha value is -2.76. The van der Waals surface area contributed by atoms with E-state index in [4.69, 9.17) is 4.74 Å². The van der Waals surface area contributed by atoms with Crippen LogP contribution in [0.15, 0.2) is 47.4 Å². The Morgan fingerprint density at radius 3 is 2.38 bits per heavy atom. The summed E-state index contributed by atoms with van der Waals surface area (Å²) in [6.07, 6.45) is 2.12. The van der Waals surface area contributed by atoms with Crippen LogP contribution in [0.25, 0.3) is 0 Å². The number of anilines is 1. The maximum absolute atomic E-state index is 12.4. The van der Waals surface area contributed by atoms with Gasteiger partial charge in [0, 0.05) is 38.4 Å². The van der Waals surface area contributed by atoms with Crippen molar-refractivity contribution in [3.63, 3.8) is 0 Å². The van der Waals surface area contributed by atoms with Gasteiger partial charge in [-0.3, -0.25) is 9.59 Å². The minimum atomic E-state index is -0.105. The average Bonchev–Trinajstić information content (AvgIpc) is 2.63. The number of aromatic amines is 1. The number of nitrogens with zero attached hydrogens (tertiary/aromatic N) is 2. The average molecular weight is 327 g/mol. The van der Waals surface area contributed by atoms with Gasteiger partial charge in [-0.1, -0.05) is 12.1 Å². The van der Waals surface area contributed by atoms with Gasteiger partial charge < -0.3 is 19.5 Å². The molecule has 1 amide bonds. The molecule has 1 fully saturated rings. The fraction of sp³-hybridized carbons (Fsp3) is 0.333. The number of ether oxygens (including phenoxy) is 1. The van der Waals surface area contributed by atoms with Crippen LogP contribution < -0.4 is 15.2 Å². The lowest BCUT2D eigenvalue weighted by Crippen LogP contribution is -2.49. The lowest BCUT2D eigenvalue weighted by Gasteiger charge is -2.36. The first kappa shape index (κ1) is 16.1. The number of pyridine rings is 1. The van der Waals surface area contributed by atoms with Gasteiger partial charge in [-0.15, -0.1) is 0 Å². The third-order valence-electron chi connectivity index (χ3n) is 4.28. The van der Waals surface area contributed by atoms with E-state index in [0.717, 1.165) is 30.1 Å². The van der Waals surface area contributed by atoms with Crippen molar-refractivity contribution in [2.75, 3.05) is 38.2 Å². The maximum Gasteiger partial charge on any atom is 0.248 e. The number of hydrogen-bond donors (Lipinski definition) is 1. The molecule has 1 aliphatic rings. The fourth-order valence-electron chi connectivity index (χ4n) is 2.84. The molecule has 24 heavy (non-hydrogen) atoms. The summed E-state index contributed by atoms with van der Waals surface area (Å²) in [6, 6.07) is 10.9. The number of rotatable bonds is 4. The topological polar surface area (TPSA) is 65.6 Å². The molecule has 3 rings (SSSR count). The number of aromatic nitrogens is 1. The highest BCUT2D eigenvalue weighted by Crippen LogP contribution is 2.16. The maximum atomic E-state index is 12.4. The van der Waals surface area contributed by atoms with Crippen molar-refractivity contribution < 1.29 is 9.53 Å². The number of nitrogens with one attached hydrogen (secondary N) is 1. The van der Waals surface area contributed by atoms with Crippen LogP contribution in [0.5, 0.6) is 5.75 Å². The van der Waals surface area contributed by atoms with Crippen LogP contribution in [0.4, 0.5) is 5.69 Å². The minimum absolute atomic E-state index is 0.105. The van der Waals surface area contributed by atoms with E-state index in [1.54, 1.807) is 13.3 Å². The molecule has 1 aromatic carbocycles.